The van der Waals surface area contributed by atoms with Crippen LogP contribution >= 0.6 is 11.3 Å². The lowest BCUT2D eigenvalue weighted by molar-refractivity contribution is -0.137. The van der Waals surface area contributed by atoms with Crippen molar-refractivity contribution in [1.82, 2.24) is 4.98 Å². The molecule has 0 aliphatic carbocycles. The highest BCUT2D eigenvalue weighted by molar-refractivity contribution is 7.13. The average molecular weight is 259 g/mol. The van der Waals surface area contributed by atoms with Crippen LogP contribution in [0.3, 0.4) is 0 Å². The summed E-state index contributed by atoms with van der Waals surface area (Å²) in [7, 11) is 1.49. The van der Waals surface area contributed by atoms with E-state index in [0.29, 0.717) is 16.5 Å². The number of ether oxygens (including phenoxy) is 1. The Morgan fingerprint density at radius 3 is 2.29 bits per heavy atom. The molecule has 0 N–H and O–H groups in total. The molecule has 1 heterocycles. The second-order valence-electron chi connectivity index (χ2n) is 3.27. The van der Waals surface area contributed by atoms with Crippen LogP contribution < -0.4 is 4.74 Å². The monoisotopic (exact) mass is 259 g/mol. The smallest absolute Gasteiger partial charge is 0.416 e. The van der Waals surface area contributed by atoms with Crippen molar-refractivity contribution in [2.45, 2.75) is 6.18 Å². The zero-order valence-corrected chi connectivity index (χ0v) is 9.60. The van der Waals surface area contributed by atoms with Crippen LogP contribution in [0, 0.1) is 0 Å². The van der Waals surface area contributed by atoms with Gasteiger partial charge < -0.3 is 4.74 Å². The van der Waals surface area contributed by atoms with Crippen molar-refractivity contribution >= 4 is 11.3 Å². The number of alkyl halides is 3. The summed E-state index contributed by atoms with van der Waals surface area (Å²) in [6.07, 6.45) is -4.31. The van der Waals surface area contributed by atoms with Crippen LogP contribution in [0.25, 0.3) is 10.6 Å². The number of rotatable bonds is 2. The summed E-state index contributed by atoms with van der Waals surface area (Å²) in [5.74, 6) is 0.463. The van der Waals surface area contributed by atoms with E-state index in [9.17, 15) is 13.2 Å². The lowest BCUT2D eigenvalue weighted by Crippen LogP contribution is -2.03. The number of aromatic nitrogens is 1. The predicted molar refractivity (Wildman–Crippen MR) is 59.1 cm³/mol. The lowest BCUT2D eigenvalue weighted by Gasteiger charge is -2.06. The molecule has 6 heteroatoms. The summed E-state index contributed by atoms with van der Waals surface area (Å²) in [6.45, 7) is 0. The molecule has 2 nitrogen and oxygen atoms in total. The Balaban J connectivity index is 2.29. The Morgan fingerprint density at radius 2 is 1.82 bits per heavy atom. The van der Waals surface area contributed by atoms with Crippen molar-refractivity contribution in [1.29, 1.82) is 0 Å². The molecule has 2 rings (SSSR count). The molecule has 0 radical (unpaired) electrons. The predicted octanol–water partition coefficient (Wildman–Crippen LogP) is 3.84. The number of benzene rings is 1. The maximum Gasteiger partial charge on any atom is 0.416 e. The number of methoxy groups -OCH3 is 1. The van der Waals surface area contributed by atoms with E-state index in [1.807, 2.05) is 0 Å². The molecule has 0 amide bonds. The second-order valence-corrected chi connectivity index (χ2v) is 4.13. The number of halogens is 3. The SMILES string of the molecule is COc1csc(-c2ccc(C(F)(F)F)cc2)n1. The molecular formula is C11H8F3NOS. The van der Waals surface area contributed by atoms with E-state index in [4.69, 9.17) is 4.74 Å². The van der Waals surface area contributed by atoms with Gasteiger partial charge in [0.2, 0.25) is 5.88 Å². The van der Waals surface area contributed by atoms with Gasteiger partial charge in [-0.05, 0) is 12.1 Å². The third-order valence-electron chi connectivity index (χ3n) is 2.15. The summed E-state index contributed by atoms with van der Waals surface area (Å²) in [5.41, 5.74) is -0.0175. The third-order valence-corrected chi connectivity index (χ3v) is 3.02. The maximum atomic E-state index is 12.3. The second kappa shape index (κ2) is 4.37. The molecule has 0 fully saturated rings. The zero-order valence-electron chi connectivity index (χ0n) is 8.78. The molecule has 2 aromatic rings. The molecule has 0 atom stereocenters. The first-order chi connectivity index (χ1) is 8.00. The quantitative estimate of drug-likeness (QED) is 0.817. The van der Waals surface area contributed by atoms with Gasteiger partial charge in [-0.1, -0.05) is 12.1 Å². The van der Waals surface area contributed by atoms with Gasteiger partial charge in [0.05, 0.1) is 18.1 Å². The fraction of sp³-hybridized carbons (Fsp3) is 0.182. The van der Waals surface area contributed by atoms with Gasteiger partial charge in [0.1, 0.15) is 5.01 Å². The molecule has 1 aromatic carbocycles. The van der Waals surface area contributed by atoms with Gasteiger partial charge in [0, 0.05) is 5.56 Å². The summed E-state index contributed by atoms with van der Waals surface area (Å²) >= 11 is 1.32. The highest BCUT2D eigenvalue weighted by Gasteiger charge is 2.30. The number of thiazole rings is 1. The number of hydrogen-bond donors (Lipinski definition) is 0. The van der Waals surface area contributed by atoms with Gasteiger partial charge in [0.25, 0.3) is 0 Å². The highest BCUT2D eigenvalue weighted by atomic mass is 32.1. The maximum absolute atomic E-state index is 12.3. The summed E-state index contributed by atoms with van der Waals surface area (Å²) in [5, 5.41) is 2.34. The first-order valence-corrected chi connectivity index (χ1v) is 5.56. The van der Waals surface area contributed by atoms with Crippen LogP contribution in [0.2, 0.25) is 0 Å². The lowest BCUT2D eigenvalue weighted by atomic mass is 10.1. The average Bonchev–Trinajstić information content (AvgIpc) is 2.76. The van der Waals surface area contributed by atoms with Gasteiger partial charge >= 0.3 is 6.18 Å². The van der Waals surface area contributed by atoms with Crippen LogP contribution in [-0.2, 0) is 6.18 Å². The summed E-state index contributed by atoms with van der Waals surface area (Å²) < 4.78 is 42.0. The van der Waals surface area contributed by atoms with Crippen molar-refractivity contribution in [2.24, 2.45) is 0 Å². The standard InChI is InChI=1S/C11H8F3NOS/c1-16-9-6-17-10(15-9)7-2-4-8(5-3-7)11(12,13)14/h2-6H,1H3. The number of nitrogens with zero attached hydrogens (tertiary/aromatic N) is 1. The topological polar surface area (TPSA) is 22.1 Å². The van der Waals surface area contributed by atoms with E-state index >= 15 is 0 Å². The minimum Gasteiger partial charge on any atom is -0.480 e. The van der Waals surface area contributed by atoms with Crippen molar-refractivity contribution in [3.05, 3.63) is 35.2 Å². The van der Waals surface area contributed by atoms with E-state index in [1.54, 1.807) is 5.38 Å². The Morgan fingerprint density at radius 1 is 1.18 bits per heavy atom. The molecule has 0 saturated carbocycles. The van der Waals surface area contributed by atoms with Gasteiger partial charge in [-0.3, -0.25) is 0 Å². The Kier molecular flexibility index (Phi) is 3.06. The Bertz CT molecular complexity index is 504. The van der Waals surface area contributed by atoms with Crippen molar-refractivity contribution in [3.8, 4) is 16.5 Å². The minimum atomic E-state index is -4.31. The summed E-state index contributed by atoms with van der Waals surface area (Å²) in [6, 6.07) is 4.90. The van der Waals surface area contributed by atoms with E-state index in [-0.39, 0.29) is 0 Å². The molecule has 17 heavy (non-hydrogen) atoms. The molecule has 0 bridgehead atoms. The third kappa shape index (κ3) is 2.58. The normalized spacial score (nSPS) is 11.5. The van der Waals surface area contributed by atoms with Gasteiger partial charge in [-0.25, -0.2) is 4.98 Å². The van der Waals surface area contributed by atoms with E-state index in [0.717, 1.165) is 12.1 Å². The molecule has 1 aromatic heterocycles. The summed E-state index contributed by atoms with van der Waals surface area (Å²) in [4.78, 5) is 4.11. The van der Waals surface area contributed by atoms with Gasteiger partial charge in [-0.2, -0.15) is 13.2 Å². The van der Waals surface area contributed by atoms with E-state index in [2.05, 4.69) is 4.98 Å². The molecule has 0 spiro atoms. The van der Waals surface area contributed by atoms with Gasteiger partial charge in [0.15, 0.2) is 0 Å². The van der Waals surface area contributed by atoms with Crippen LogP contribution in [0.1, 0.15) is 5.56 Å². The fourth-order valence-corrected chi connectivity index (χ4v) is 2.06. The minimum absolute atomic E-state index is 0.463. The molecule has 0 aliphatic rings. The van der Waals surface area contributed by atoms with E-state index < -0.39 is 11.7 Å². The number of hydrogen-bond acceptors (Lipinski definition) is 3. The van der Waals surface area contributed by atoms with Gasteiger partial charge in [-0.15, -0.1) is 11.3 Å². The largest absolute Gasteiger partial charge is 0.480 e. The molecule has 0 aliphatic heterocycles. The molecule has 0 unspecified atom stereocenters. The fourth-order valence-electron chi connectivity index (χ4n) is 1.29. The van der Waals surface area contributed by atoms with Crippen molar-refractivity contribution in [3.63, 3.8) is 0 Å². The van der Waals surface area contributed by atoms with E-state index in [1.165, 1.54) is 30.6 Å². The van der Waals surface area contributed by atoms with Crippen molar-refractivity contribution < 1.29 is 17.9 Å². The van der Waals surface area contributed by atoms with Crippen LogP contribution in [-0.4, -0.2) is 12.1 Å². The van der Waals surface area contributed by atoms with Crippen LogP contribution in [0.15, 0.2) is 29.6 Å². The Hall–Kier alpha value is -1.56. The first kappa shape index (κ1) is 11.9. The van der Waals surface area contributed by atoms with Crippen LogP contribution in [0.4, 0.5) is 13.2 Å². The first-order valence-electron chi connectivity index (χ1n) is 4.68. The molecule has 90 valence electrons. The molecule has 0 saturated heterocycles. The highest BCUT2D eigenvalue weighted by Crippen LogP contribution is 2.32. The van der Waals surface area contributed by atoms with Crippen LogP contribution in [0.5, 0.6) is 5.88 Å². The zero-order chi connectivity index (χ0) is 12.5. The van der Waals surface area contributed by atoms with Crippen molar-refractivity contribution in [2.75, 3.05) is 7.11 Å². The Labute approximate surface area is 99.7 Å². The molecular weight excluding hydrogens is 251 g/mol.